The quantitative estimate of drug-likeness (QED) is 0.685. The van der Waals surface area contributed by atoms with Gasteiger partial charge in [-0.15, -0.1) is 0 Å². The van der Waals surface area contributed by atoms with Crippen molar-refractivity contribution in [2.45, 2.75) is 0 Å². The van der Waals surface area contributed by atoms with E-state index in [0.717, 1.165) is 0 Å². The number of aromatic amines is 2. The van der Waals surface area contributed by atoms with Crippen LogP contribution in [0.15, 0.2) is 29.0 Å². The fourth-order valence-electron chi connectivity index (χ4n) is 1.40. The summed E-state index contributed by atoms with van der Waals surface area (Å²) in [6.07, 6.45) is 3.28. The number of nitrogens with zero attached hydrogens (tertiary/aromatic N) is 4. The first-order valence-electron chi connectivity index (χ1n) is 4.80. The highest BCUT2D eigenvalue weighted by atomic mass is 16.5. The standard InChI is InChI=1S/C10H6N6O/c11-5-6-1-2-7(14-6)10-15-9(16-17-10)8-12-3-4-13-8/h1-4,14H,(H,12,13). The topological polar surface area (TPSA) is 107 Å². The van der Waals surface area contributed by atoms with Crippen molar-refractivity contribution in [1.82, 2.24) is 25.1 Å². The molecule has 3 aromatic rings. The zero-order valence-electron chi connectivity index (χ0n) is 8.51. The van der Waals surface area contributed by atoms with Gasteiger partial charge in [0.2, 0.25) is 5.82 Å². The molecule has 82 valence electrons. The van der Waals surface area contributed by atoms with E-state index in [9.17, 15) is 0 Å². The maximum atomic E-state index is 8.69. The summed E-state index contributed by atoms with van der Waals surface area (Å²) in [5, 5.41) is 12.5. The number of hydrogen-bond acceptors (Lipinski definition) is 5. The minimum atomic E-state index is 0.318. The van der Waals surface area contributed by atoms with E-state index in [0.29, 0.717) is 28.9 Å². The highest BCUT2D eigenvalue weighted by molar-refractivity contribution is 5.53. The highest BCUT2D eigenvalue weighted by Crippen LogP contribution is 2.19. The fraction of sp³-hybridized carbons (Fsp3) is 0. The third-order valence-corrected chi connectivity index (χ3v) is 2.17. The summed E-state index contributed by atoms with van der Waals surface area (Å²) in [6, 6.07) is 5.34. The lowest BCUT2D eigenvalue weighted by atomic mass is 10.4. The fourth-order valence-corrected chi connectivity index (χ4v) is 1.40. The molecule has 3 aromatic heterocycles. The summed E-state index contributed by atoms with van der Waals surface area (Å²) < 4.78 is 5.07. The molecule has 0 bridgehead atoms. The molecule has 0 spiro atoms. The second-order valence-corrected chi connectivity index (χ2v) is 3.26. The molecule has 0 radical (unpaired) electrons. The van der Waals surface area contributed by atoms with Gasteiger partial charge in [-0.3, -0.25) is 0 Å². The number of nitriles is 1. The Balaban J connectivity index is 1.98. The molecule has 0 aliphatic rings. The van der Waals surface area contributed by atoms with Crippen molar-refractivity contribution in [3.63, 3.8) is 0 Å². The van der Waals surface area contributed by atoms with Crippen LogP contribution in [0.4, 0.5) is 0 Å². The predicted octanol–water partition coefficient (Wildman–Crippen LogP) is 1.33. The largest absolute Gasteiger partial charge is 0.342 e. The normalized spacial score (nSPS) is 10.3. The molecule has 2 N–H and O–H groups in total. The Kier molecular flexibility index (Phi) is 1.98. The van der Waals surface area contributed by atoms with Crippen molar-refractivity contribution < 1.29 is 4.52 Å². The molecule has 0 saturated heterocycles. The van der Waals surface area contributed by atoms with Crippen molar-refractivity contribution in [2.24, 2.45) is 0 Å². The number of H-pyrrole nitrogens is 2. The Morgan fingerprint density at radius 1 is 1.35 bits per heavy atom. The molecule has 0 atom stereocenters. The van der Waals surface area contributed by atoms with Gasteiger partial charge < -0.3 is 14.5 Å². The first kappa shape index (κ1) is 9.35. The Bertz CT molecular complexity index is 672. The Morgan fingerprint density at radius 2 is 2.29 bits per heavy atom. The lowest BCUT2D eigenvalue weighted by molar-refractivity contribution is 0.431. The van der Waals surface area contributed by atoms with Gasteiger partial charge in [0.25, 0.3) is 5.89 Å². The molecule has 3 heterocycles. The van der Waals surface area contributed by atoms with E-state index < -0.39 is 0 Å². The molecule has 3 rings (SSSR count). The van der Waals surface area contributed by atoms with Gasteiger partial charge in [0.05, 0.1) is 0 Å². The van der Waals surface area contributed by atoms with Gasteiger partial charge in [-0.25, -0.2) is 4.98 Å². The Morgan fingerprint density at radius 3 is 3.00 bits per heavy atom. The molecule has 0 aliphatic heterocycles. The maximum absolute atomic E-state index is 8.69. The summed E-state index contributed by atoms with van der Waals surface area (Å²) in [5.41, 5.74) is 1.05. The molecule has 0 fully saturated rings. The Labute approximate surface area is 95.1 Å². The van der Waals surface area contributed by atoms with Gasteiger partial charge in [0, 0.05) is 12.4 Å². The zero-order valence-corrected chi connectivity index (χ0v) is 8.51. The van der Waals surface area contributed by atoms with Crippen LogP contribution in [0.2, 0.25) is 0 Å². The maximum Gasteiger partial charge on any atom is 0.274 e. The van der Waals surface area contributed by atoms with Crippen LogP contribution in [0.3, 0.4) is 0 Å². The molecule has 7 heteroatoms. The predicted molar refractivity (Wildman–Crippen MR) is 56.4 cm³/mol. The monoisotopic (exact) mass is 226 g/mol. The molecule has 7 nitrogen and oxygen atoms in total. The average Bonchev–Trinajstić information content (AvgIpc) is 3.09. The van der Waals surface area contributed by atoms with Gasteiger partial charge >= 0.3 is 0 Å². The van der Waals surface area contributed by atoms with Gasteiger partial charge in [-0.05, 0) is 12.1 Å². The zero-order chi connectivity index (χ0) is 11.7. The summed E-state index contributed by atoms with van der Waals surface area (Å²) >= 11 is 0. The van der Waals surface area contributed by atoms with Gasteiger partial charge in [-0.1, -0.05) is 5.16 Å². The number of aromatic nitrogens is 5. The second kappa shape index (κ2) is 3.61. The second-order valence-electron chi connectivity index (χ2n) is 3.26. The third-order valence-electron chi connectivity index (χ3n) is 2.17. The van der Waals surface area contributed by atoms with Gasteiger partial charge in [0.15, 0.2) is 5.82 Å². The molecular weight excluding hydrogens is 220 g/mol. The summed E-state index contributed by atoms with van der Waals surface area (Å²) in [6.45, 7) is 0. The lowest BCUT2D eigenvalue weighted by Crippen LogP contribution is -1.83. The molecule has 17 heavy (non-hydrogen) atoms. The average molecular weight is 226 g/mol. The van der Waals surface area contributed by atoms with E-state index in [1.807, 2.05) is 6.07 Å². The SMILES string of the molecule is N#Cc1ccc(-c2nc(-c3ncc[nH]3)no2)[nH]1. The minimum absolute atomic E-state index is 0.318. The molecule has 0 saturated carbocycles. The van der Waals surface area contributed by atoms with Crippen LogP contribution in [0.1, 0.15) is 5.69 Å². The van der Waals surface area contributed by atoms with E-state index in [-0.39, 0.29) is 0 Å². The van der Waals surface area contributed by atoms with Crippen LogP contribution in [0.25, 0.3) is 23.2 Å². The number of rotatable bonds is 2. The third kappa shape index (κ3) is 1.57. The number of imidazole rings is 1. The van der Waals surface area contributed by atoms with E-state index in [2.05, 4.69) is 25.1 Å². The van der Waals surface area contributed by atoms with Crippen LogP contribution in [0, 0.1) is 11.3 Å². The van der Waals surface area contributed by atoms with Gasteiger partial charge in [-0.2, -0.15) is 10.2 Å². The van der Waals surface area contributed by atoms with E-state index in [1.165, 1.54) is 0 Å². The van der Waals surface area contributed by atoms with Crippen molar-refractivity contribution in [1.29, 1.82) is 5.26 Å². The van der Waals surface area contributed by atoms with E-state index in [1.54, 1.807) is 24.5 Å². The number of nitrogens with one attached hydrogen (secondary N) is 2. The number of hydrogen-bond donors (Lipinski definition) is 2. The molecule has 0 unspecified atom stereocenters. The summed E-state index contributed by atoms with van der Waals surface area (Å²) in [7, 11) is 0. The van der Waals surface area contributed by atoms with Crippen molar-refractivity contribution >= 4 is 0 Å². The summed E-state index contributed by atoms with van der Waals surface area (Å²) in [5.74, 6) is 1.23. The van der Waals surface area contributed by atoms with Crippen molar-refractivity contribution in [2.75, 3.05) is 0 Å². The van der Waals surface area contributed by atoms with Crippen molar-refractivity contribution in [3.8, 4) is 29.3 Å². The van der Waals surface area contributed by atoms with Crippen LogP contribution < -0.4 is 0 Å². The van der Waals surface area contributed by atoms with Crippen LogP contribution in [-0.2, 0) is 0 Å². The van der Waals surface area contributed by atoms with Crippen LogP contribution in [-0.4, -0.2) is 25.1 Å². The van der Waals surface area contributed by atoms with Crippen molar-refractivity contribution in [3.05, 3.63) is 30.2 Å². The molecule has 0 amide bonds. The van der Waals surface area contributed by atoms with Crippen LogP contribution in [0.5, 0.6) is 0 Å². The summed E-state index contributed by atoms with van der Waals surface area (Å²) in [4.78, 5) is 13.9. The van der Waals surface area contributed by atoms with Crippen LogP contribution >= 0.6 is 0 Å². The first-order valence-corrected chi connectivity index (χ1v) is 4.80. The molecular formula is C10H6N6O. The highest BCUT2D eigenvalue weighted by Gasteiger charge is 2.13. The molecule has 0 aliphatic carbocycles. The molecule has 0 aromatic carbocycles. The Hall–Kier alpha value is -2.88. The smallest absolute Gasteiger partial charge is 0.274 e. The van der Waals surface area contributed by atoms with E-state index >= 15 is 0 Å². The van der Waals surface area contributed by atoms with Gasteiger partial charge in [0.1, 0.15) is 17.5 Å². The lowest BCUT2D eigenvalue weighted by Gasteiger charge is -1.85. The first-order chi connectivity index (χ1) is 8.36. The minimum Gasteiger partial charge on any atom is -0.342 e. The van der Waals surface area contributed by atoms with E-state index in [4.69, 9.17) is 9.78 Å².